The highest BCUT2D eigenvalue weighted by Gasteiger charge is 2.44. The Hall–Kier alpha value is -0.830. The topological polar surface area (TPSA) is 34.9 Å². The van der Waals surface area contributed by atoms with Crippen molar-refractivity contribution in [3.05, 3.63) is 18.2 Å². The van der Waals surface area contributed by atoms with Gasteiger partial charge in [-0.05, 0) is 20.3 Å². The highest BCUT2D eigenvalue weighted by atomic mass is 35.5. The van der Waals surface area contributed by atoms with Crippen molar-refractivity contribution in [2.45, 2.75) is 32.2 Å². The molecule has 1 fully saturated rings. The molecule has 4 heteroatoms. The molecule has 0 amide bonds. The predicted octanol–water partition coefficient (Wildman–Crippen LogP) is 2.38. The molecule has 0 N–H and O–H groups in total. The van der Waals surface area contributed by atoms with Gasteiger partial charge in [-0.2, -0.15) is 0 Å². The Morgan fingerprint density at radius 3 is 3.00 bits per heavy atom. The van der Waals surface area contributed by atoms with Gasteiger partial charge in [0.05, 0.1) is 17.9 Å². The summed E-state index contributed by atoms with van der Waals surface area (Å²) in [6, 6.07) is 0.423. The van der Waals surface area contributed by atoms with Crippen LogP contribution in [0.1, 0.15) is 37.9 Å². The summed E-state index contributed by atoms with van der Waals surface area (Å²) in [6.07, 6.45) is 4.79. The van der Waals surface area contributed by atoms with Gasteiger partial charge in [-0.1, -0.05) is 0 Å². The molecule has 1 aromatic heterocycles. The van der Waals surface area contributed by atoms with Gasteiger partial charge in [0.15, 0.2) is 5.78 Å². The molecule has 2 rings (SSSR count). The zero-order valence-electron chi connectivity index (χ0n) is 8.98. The molecule has 1 aromatic rings. The van der Waals surface area contributed by atoms with Crippen molar-refractivity contribution in [1.82, 2.24) is 9.55 Å². The molecule has 0 saturated heterocycles. The molecule has 82 valence electrons. The third-order valence-corrected chi connectivity index (χ3v) is 3.20. The number of nitrogens with zero attached hydrogens (tertiary/aromatic N) is 2. The Kier molecular flexibility index (Phi) is 2.83. The third-order valence-electron chi connectivity index (χ3n) is 2.93. The summed E-state index contributed by atoms with van der Waals surface area (Å²) in [5.41, 5.74) is 1.03. The lowest BCUT2D eigenvalue weighted by molar-refractivity contribution is -0.117. The molecule has 3 nitrogen and oxygen atoms in total. The van der Waals surface area contributed by atoms with Gasteiger partial charge in [0, 0.05) is 24.1 Å². The number of aromatic nitrogens is 2. The predicted molar refractivity (Wildman–Crippen MR) is 59.2 cm³/mol. The van der Waals surface area contributed by atoms with Gasteiger partial charge >= 0.3 is 0 Å². The first-order valence-corrected chi connectivity index (χ1v) is 5.79. The highest BCUT2D eigenvalue weighted by Crippen LogP contribution is 2.47. The van der Waals surface area contributed by atoms with Gasteiger partial charge in [-0.3, -0.25) is 4.79 Å². The molecule has 1 aliphatic rings. The molecule has 15 heavy (non-hydrogen) atoms. The summed E-state index contributed by atoms with van der Waals surface area (Å²) in [5, 5.41) is 0. The fourth-order valence-corrected chi connectivity index (χ4v) is 2.00. The minimum Gasteiger partial charge on any atom is -0.335 e. The molecule has 0 spiro atoms. The van der Waals surface area contributed by atoms with E-state index in [-0.39, 0.29) is 17.6 Å². The van der Waals surface area contributed by atoms with Crippen molar-refractivity contribution < 1.29 is 4.79 Å². The SMILES string of the molecule is CC(C)n1cnc([C@@H]2C[C@H]2C(=O)CCl)c1. The molecular formula is C11H15ClN2O. The number of carbonyl (C=O) groups is 1. The smallest absolute Gasteiger partial charge is 0.151 e. The van der Waals surface area contributed by atoms with Crippen LogP contribution in [0.2, 0.25) is 0 Å². The molecule has 0 aliphatic heterocycles. The lowest BCUT2D eigenvalue weighted by Crippen LogP contribution is -2.03. The van der Waals surface area contributed by atoms with E-state index in [0.29, 0.717) is 12.0 Å². The average Bonchev–Trinajstić information content (AvgIpc) is 2.86. The van der Waals surface area contributed by atoms with E-state index < -0.39 is 0 Å². The van der Waals surface area contributed by atoms with Crippen LogP contribution in [-0.4, -0.2) is 21.2 Å². The average molecular weight is 227 g/mol. The van der Waals surface area contributed by atoms with Crippen molar-refractivity contribution >= 4 is 17.4 Å². The maximum atomic E-state index is 11.3. The number of imidazole rings is 1. The second-order valence-corrected chi connectivity index (χ2v) is 4.66. The Morgan fingerprint density at radius 1 is 1.73 bits per heavy atom. The Labute approximate surface area is 94.4 Å². The number of ketones is 1. The Morgan fingerprint density at radius 2 is 2.47 bits per heavy atom. The molecule has 0 radical (unpaired) electrons. The number of hydrogen-bond donors (Lipinski definition) is 0. The fraction of sp³-hybridized carbons (Fsp3) is 0.636. The van der Waals surface area contributed by atoms with Crippen molar-refractivity contribution in [2.24, 2.45) is 5.92 Å². The van der Waals surface area contributed by atoms with Gasteiger partial charge in [-0.15, -0.1) is 11.6 Å². The van der Waals surface area contributed by atoms with E-state index in [4.69, 9.17) is 11.6 Å². The first-order chi connectivity index (χ1) is 7.13. The Balaban J connectivity index is 2.04. The molecule has 0 unspecified atom stereocenters. The zero-order chi connectivity index (χ0) is 11.0. The van der Waals surface area contributed by atoms with Crippen LogP contribution in [0.25, 0.3) is 0 Å². The maximum absolute atomic E-state index is 11.3. The van der Waals surface area contributed by atoms with Crippen molar-refractivity contribution in [1.29, 1.82) is 0 Å². The van der Waals surface area contributed by atoms with Gasteiger partial charge in [-0.25, -0.2) is 4.98 Å². The molecule has 2 atom stereocenters. The van der Waals surface area contributed by atoms with Crippen LogP contribution in [-0.2, 0) is 4.79 Å². The maximum Gasteiger partial charge on any atom is 0.151 e. The van der Waals surface area contributed by atoms with Crippen molar-refractivity contribution in [3.8, 4) is 0 Å². The second-order valence-electron chi connectivity index (χ2n) is 4.39. The standard InChI is InChI=1S/C11H15ClN2O/c1-7(2)14-5-10(13-6-14)8-3-9(8)11(15)4-12/h5-9H,3-4H2,1-2H3/t8-,9-/m1/s1. The Bertz CT molecular complexity index is 372. The molecule has 1 heterocycles. The molecular weight excluding hydrogens is 212 g/mol. The third kappa shape index (κ3) is 2.07. The second kappa shape index (κ2) is 3.97. The minimum absolute atomic E-state index is 0.123. The van der Waals surface area contributed by atoms with E-state index in [0.717, 1.165) is 12.1 Å². The van der Waals surface area contributed by atoms with Crippen LogP contribution in [0.4, 0.5) is 0 Å². The van der Waals surface area contributed by atoms with E-state index in [9.17, 15) is 4.79 Å². The number of carbonyl (C=O) groups excluding carboxylic acids is 1. The summed E-state index contributed by atoms with van der Waals surface area (Å²) < 4.78 is 2.07. The molecule has 0 bridgehead atoms. The van der Waals surface area contributed by atoms with Crippen LogP contribution in [0.3, 0.4) is 0 Å². The lowest BCUT2D eigenvalue weighted by atomic mass is 10.2. The van der Waals surface area contributed by atoms with E-state index in [1.165, 1.54) is 0 Å². The van der Waals surface area contributed by atoms with Gasteiger partial charge in [0.2, 0.25) is 0 Å². The van der Waals surface area contributed by atoms with Gasteiger partial charge < -0.3 is 4.57 Å². The van der Waals surface area contributed by atoms with Crippen LogP contribution in [0.15, 0.2) is 12.5 Å². The summed E-state index contributed by atoms with van der Waals surface area (Å²) in [5.74, 6) is 0.724. The quantitative estimate of drug-likeness (QED) is 0.739. The lowest BCUT2D eigenvalue weighted by Gasteiger charge is -2.03. The largest absolute Gasteiger partial charge is 0.335 e. The highest BCUT2D eigenvalue weighted by molar-refractivity contribution is 6.28. The van der Waals surface area contributed by atoms with Crippen LogP contribution in [0.5, 0.6) is 0 Å². The summed E-state index contributed by atoms with van der Waals surface area (Å²) in [4.78, 5) is 15.7. The van der Waals surface area contributed by atoms with E-state index in [1.807, 2.05) is 12.5 Å². The van der Waals surface area contributed by atoms with E-state index >= 15 is 0 Å². The van der Waals surface area contributed by atoms with Gasteiger partial charge in [0.1, 0.15) is 0 Å². The normalized spacial score (nSPS) is 24.5. The van der Waals surface area contributed by atoms with E-state index in [2.05, 4.69) is 23.4 Å². The first kappa shape index (κ1) is 10.7. The number of hydrogen-bond acceptors (Lipinski definition) is 2. The number of alkyl halides is 1. The first-order valence-electron chi connectivity index (χ1n) is 5.25. The summed E-state index contributed by atoms with van der Waals surface area (Å²) in [7, 11) is 0. The van der Waals surface area contributed by atoms with Crippen LogP contribution >= 0.6 is 11.6 Å². The van der Waals surface area contributed by atoms with Crippen LogP contribution in [0, 0.1) is 5.92 Å². The van der Waals surface area contributed by atoms with Gasteiger partial charge in [0.25, 0.3) is 0 Å². The fourth-order valence-electron chi connectivity index (χ4n) is 1.80. The molecule has 1 saturated carbocycles. The van der Waals surface area contributed by atoms with E-state index in [1.54, 1.807) is 0 Å². The number of halogens is 1. The summed E-state index contributed by atoms with van der Waals surface area (Å²) >= 11 is 5.52. The zero-order valence-corrected chi connectivity index (χ0v) is 9.74. The monoisotopic (exact) mass is 226 g/mol. The van der Waals surface area contributed by atoms with Crippen molar-refractivity contribution in [3.63, 3.8) is 0 Å². The molecule has 0 aromatic carbocycles. The minimum atomic E-state index is 0.123. The van der Waals surface area contributed by atoms with Crippen LogP contribution < -0.4 is 0 Å². The molecule has 1 aliphatic carbocycles. The number of Topliss-reactive ketones (excluding diaryl/α,β-unsaturated/α-hetero) is 1. The van der Waals surface area contributed by atoms with Crippen molar-refractivity contribution in [2.75, 3.05) is 5.88 Å². The summed E-state index contributed by atoms with van der Waals surface area (Å²) in [6.45, 7) is 4.22. The number of rotatable bonds is 4.